The van der Waals surface area contributed by atoms with Crippen molar-refractivity contribution in [3.63, 3.8) is 0 Å². The van der Waals surface area contributed by atoms with Crippen molar-refractivity contribution < 1.29 is 4.74 Å². The van der Waals surface area contributed by atoms with Gasteiger partial charge in [-0.3, -0.25) is 0 Å². The Morgan fingerprint density at radius 1 is 0.444 bits per heavy atom. The summed E-state index contributed by atoms with van der Waals surface area (Å²) >= 11 is -2.29. The second-order valence-electron chi connectivity index (χ2n) is 11.6. The number of hydrogen-bond acceptors (Lipinski definition) is 1. The Morgan fingerprint density at radius 2 is 0.806 bits per heavy atom. The van der Waals surface area contributed by atoms with E-state index in [1.165, 1.54) is 128 Å². The van der Waals surface area contributed by atoms with Crippen molar-refractivity contribution in [2.45, 2.75) is 169 Å². The molecular weight excluding hydrogens is 543 g/mol. The minimum atomic E-state index is -2.29. The predicted octanol–water partition coefficient (Wildman–Crippen LogP) is 11.6. The molecule has 0 heterocycles. The molecule has 0 amide bonds. The Bertz CT molecular complexity index is 560. The average molecular weight is 608 g/mol. The number of benzene rings is 1. The van der Waals surface area contributed by atoms with E-state index in [9.17, 15) is 0 Å². The Morgan fingerprint density at radius 3 is 1.19 bits per heavy atom. The first-order chi connectivity index (χ1) is 17.7. The first-order valence-electron chi connectivity index (χ1n) is 16.5. The summed E-state index contributed by atoms with van der Waals surface area (Å²) in [4.78, 5) is 0. The molecule has 1 nitrogen and oxygen atoms in total. The van der Waals surface area contributed by atoms with Crippen LogP contribution in [0.3, 0.4) is 0 Å². The number of rotatable bonds is 26. The fourth-order valence-electron chi connectivity index (χ4n) is 5.74. The quantitative estimate of drug-likeness (QED) is 0.0752. The molecule has 0 N–H and O–H groups in total. The fourth-order valence-corrected chi connectivity index (χ4v) is 21.7. The summed E-state index contributed by atoms with van der Waals surface area (Å²) in [7, 11) is 0. The summed E-state index contributed by atoms with van der Waals surface area (Å²) in [6, 6.07) is 9.57. The SMILES string of the molecule is CCCCCCCCCCCCCCCCOc1cc[c]([Sn]([CH2]CCC)([CH2]CCC)[CH2]CCC)cc1. The summed E-state index contributed by atoms with van der Waals surface area (Å²) in [6.45, 7) is 10.3. The molecule has 0 fully saturated rings. The number of unbranched alkanes of at least 4 members (excludes halogenated alkanes) is 16. The van der Waals surface area contributed by atoms with E-state index in [2.05, 4.69) is 52.0 Å². The summed E-state index contributed by atoms with van der Waals surface area (Å²) in [5.41, 5.74) is 0. The Hall–Kier alpha value is -0.181. The predicted molar refractivity (Wildman–Crippen MR) is 167 cm³/mol. The van der Waals surface area contributed by atoms with Crippen LogP contribution in [0.5, 0.6) is 5.75 Å². The first-order valence-corrected chi connectivity index (χ1v) is 23.9. The zero-order valence-electron chi connectivity index (χ0n) is 25.2. The standard InChI is InChI=1S/C22H37O.3C4H9.Sn/c1-2-3-4-5-6-7-8-9-10-11-12-13-14-18-21-23-22-19-16-15-17-20-22;3*1-3-4-2;/h16-17,19-20H,2-14,18,21H2,1H3;3*1,3-4H2,2H3;. The second-order valence-corrected chi connectivity index (χ2v) is 24.8. The molecular formula is C34H64OSn. The van der Waals surface area contributed by atoms with Crippen molar-refractivity contribution in [2.75, 3.05) is 6.61 Å². The third-order valence-electron chi connectivity index (χ3n) is 8.26. The molecule has 36 heavy (non-hydrogen) atoms. The van der Waals surface area contributed by atoms with Crippen molar-refractivity contribution in [1.82, 2.24) is 0 Å². The maximum atomic E-state index is 6.15. The number of hydrogen-bond donors (Lipinski definition) is 0. The Balaban J connectivity index is 2.24. The van der Waals surface area contributed by atoms with Crippen molar-refractivity contribution in [3.05, 3.63) is 24.3 Å². The molecule has 0 aromatic heterocycles. The maximum absolute atomic E-state index is 6.15. The van der Waals surface area contributed by atoms with Gasteiger partial charge in [-0.15, -0.1) is 0 Å². The summed E-state index contributed by atoms with van der Waals surface area (Å²) in [5, 5.41) is 0. The molecule has 0 spiro atoms. The van der Waals surface area contributed by atoms with Crippen molar-refractivity contribution in [2.24, 2.45) is 0 Å². The molecule has 210 valence electrons. The summed E-state index contributed by atoms with van der Waals surface area (Å²) < 4.78 is 12.6. The van der Waals surface area contributed by atoms with Gasteiger partial charge in [0, 0.05) is 0 Å². The van der Waals surface area contributed by atoms with Gasteiger partial charge in [0.05, 0.1) is 0 Å². The molecule has 0 aliphatic carbocycles. The molecule has 1 rings (SSSR count). The zero-order chi connectivity index (χ0) is 26.2. The van der Waals surface area contributed by atoms with Crippen LogP contribution in [-0.2, 0) is 0 Å². The van der Waals surface area contributed by atoms with E-state index in [1.54, 1.807) is 16.9 Å². The Labute approximate surface area is 231 Å². The summed E-state index contributed by atoms with van der Waals surface area (Å²) in [5.74, 6) is 1.09. The molecule has 0 atom stereocenters. The van der Waals surface area contributed by atoms with Gasteiger partial charge in [0.25, 0.3) is 0 Å². The first kappa shape index (κ1) is 33.8. The van der Waals surface area contributed by atoms with Gasteiger partial charge in [-0.1, -0.05) is 58.3 Å². The van der Waals surface area contributed by atoms with E-state index in [0.29, 0.717) is 0 Å². The zero-order valence-corrected chi connectivity index (χ0v) is 28.0. The average Bonchev–Trinajstić information content (AvgIpc) is 2.91. The molecule has 0 radical (unpaired) electrons. The van der Waals surface area contributed by atoms with E-state index in [0.717, 1.165) is 12.4 Å². The van der Waals surface area contributed by atoms with E-state index >= 15 is 0 Å². The third kappa shape index (κ3) is 15.9. The van der Waals surface area contributed by atoms with Crippen LogP contribution in [0.1, 0.15) is 156 Å². The van der Waals surface area contributed by atoms with Gasteiger partial charge < -0.3 is 0 Å². The molecule has 0 saturated carbocycles. The van der Waals surface area contributed by atoms with Gasteiger partial charge >= 0.3 is 174 Å². The van der Waals surface area contributed by atoms with Crippen LogP contribution in [0.2, 0.25) is 13.3 Å². The van der Waals surface area contributed by atoms with Gasteiger partial charge in [-0.05, 0) is 0 Å². The van der Waals surface area contributed by atoms with E-state index in [-0.39, 0.29) is 0 Å². The molecule has 1 aromatic rings. The van der Waals surface area contributed by atoms with Crippen LogP contribution in [0.25, 0.3) is 0 Å². The van der Waals surface area contributed by atoms with Gasteiger partial charge in [0.1, 0.15) is 0 Å². The van der Waals surface area contributed by atoms with E-state index < -0.39 is 18.4 Å². The minimum absolute atomic E-state index is 0.882. The van der Waals surface area contributed by atoms with Crippen LogP contribution >= 0.6 is 0 Å². The van der Waals surface area contributed by atoms with Crippen molar-refractivity contribution in [3.8, 4) is 5.75 Å². The molecule has 0 bridgehead atoms. The fraction of sp³-hybridized carbons (Fsp3) is 0.824. The van der Waals surface area contributed by atoms with Crippen LogP contribution in [0.15, 0.2) is 24.3 Å². The Kier molecular flexibility index (Phi) is 22.5. The van der Waals surface area contributed by atoms with E-state index in [1.807, 2.05) is 0 Å². The van der Waals surface area contributed by atoms with Crippen LogP contribution in [-0.4, -0.2) is 25.0 Å². The van der Waals surface area contributed by atoms with Crippen LogP contribution in [0.4, 0.5) is 0 Å². The molecule has 1 aromatic carbocycles. The normalized spacial score (nSPS) is 11.8. The van der Waals surface area contributed by atoms with Crippen LogP contribution in [0, 0.1) is 0 Å². The van der Waals surface area contributed by atoms with Gasteiger partial charge in [-0.2, -0.15) is 0 Å². The van der Waals surface area contributed by atoms with E-state index in [4.69, 9.17) is 4.74 Å². The van der Waals surface area contributed by atoms with Crippen molar-refractivity contribution in [1.29, 1.82) is 0 Å². The van der Waals surface area contributed by atoms with Crippen molar-refractivity contribution >= 4 is 22.0 Å². The van der Waals surface area contributed by atoms with Gasteiger partial charge in [-0.25, -0.2) is 0 Å². The van der Waals surface area contributed by atoms with Crippen LogP contribution < -0.4 is 8.32 Å². The molecule has 0 aliphatic heterocycles. The van der Waals surface area contributed by atoms with Gasteiger partial charge in [0.15, 0.2) is 0 Å². The summed E-state index contributed by atoms with van der Waals surface area (Å²) in [6.07, 6.45) is 28.0. The van der Waals surface area contributed by atoms with Gasteiger partial charge in [0.2, 0.25) is 0 Å². The number of ether oxygens (including phenoxy) is 1. The molecule has 0 unspecified atom stereocenters. The third-order valence-corrected chi connectivity index (χ3v) is 23.9. The topological polar surface area (TPSA) is 9.23 Å². The molecule has 0 saturated heterocycles. The molecule has 0 aliphatic rings. The monoisotopic (exact) mass is 608 g/mol. The molecule has 2 heteroatoms. The second kappa shape index (κ2) is 23.9.